The molecule has 2 aliphatic heterocycles. The van der Waals surface area contributed by atoms with E-state index in [9.17, 15) is 9.18 Å². The van der Waals surface area contributed by atoms with Gasteiger partial charge in [-0.15, -0.1) is 5.10 Å². The summed E-state index contributed by atoms with van der Waals surface area (Å²) in [6, 6.07) is 1.33. The van der Waals surface area contributed by atoms with Crippen LogP contribution in [0.4, 0.5) is 16.0 Å². The van der Waals surface area contributed by atoms with E-state index in [4.69, 9.17) is 10.5 Å². The number of rotatable bonds is 1. The van der Waals surface area contributed by atoms with Gasteiger partial charge in [-0.1, -0.05) is 6.58 Å². The molecule has 0 saturated carbocycles. The van der Waals surface area contributed by atoms with E-state index in [-0.39, 0.29) is 23.3 Å². The van der Waals surface area contributed by atoms with E-state index in [2.05, 4.69) is 27.0 Å². The number of nitrogens with two attached hydrogens (primary N) is 1. The Morgan fingerprint density at radius 2 is 2.28 bits per heavy atom. The van der Waals surface area contributed by atoms with Crippen molar-refractivity contribution in [1.82, 2.24) is 25.0 Å². The normalized spacial score (nSPS) is 19.4. The number of ether oxygens (including phenoxy) is 1. The molecule has 2 aromatic rings. The number of nitrogen functional groups attached to an aromatic ring is 1. The van der Waals surface area contributed by atoms with Crippen LogP contribution in [0, 0.1) is 5.82 Å². The third-order valence-electron chi connectivity index (χ3n) is 4.98. The zero-order chi connectivity index (χ0) is 20.4. The molecule has 29 heavy (non-hydrogen) atoms. The lowest BCUT2D eigenvalue weighted by molar-refractivity contribution is 0.0953. The molecule has 152 valence electrons. The van der Waals surface area contributed by atoms with Crippen LogP contribution in [0.5, 0.6) is 5.88 Å². The third-order valence-corrected chi connectivity index (χ3v) is 4.98. The van der Waals surface area contributed by atoms with Gasteiger partial charge in [0, 0.05) is 24.9 Å². The maximum Gasteiger partial charge on any atom is 0.258 e. The first-order valence-electron chi connectivity index (χ1n) is 9.45. The molecule has 0 radical (unpaired) electrons. The first kappa shape index (κ1) is 18.9. The van der Waals surface area contributed by atoms with Gasteiger partial charge in [-0.25, -0.2) is 19.0 Å². The molecule has 10 heteroatoms. The number of fused-ring (bicyclic) bond motifs is 4. The molecule has 1 unspecified atom stereocenters. The van der Waals surface area contributed by atoms with Crippen LogP contribution in [0.15, 0.2) is 23.8 Å². The number of aromatic nitrogens is 3. The molecule has 4 rings (SSSR count). The maximum atomic E-state index is 13.9. The van der Waals surface area contributed by atoms with Gasteiger partial charge in [0.05, 0.1) is 25.2 Å². The molecular formula is C19H22FN7O2. The molecule has 3 N–H and O–H groups in total. The van der Waals surface area contributed by atoms with E-state index in [1.807, 2.05) is 4.90 Å². The molecule has 0 spiro atoms. The number of hydrogen-bond donors (Lipinski definition) is 2. The number of nitrogens with one attached hydrogen (secondary N) is 1. The van der Waals surface area contributed by atoms with Crippen LogP contribution >= 0.6 is 0 Å². The summed E-state index contributed by atoms with van der Waals surface area (Å²) in [6.45, 7) is 5.13. The highest BCUT2D eigenvalue weighted by atomic mass is 19.1. The highest BCUT2D eigenvalue weighted by Crippen LogP contribution is 2.36. The quantitative estimate of drug-likeness (QED) is 0.760. The Hall–Kier alpha value is -3.43. The fourth-order valence-electron chi connectivity index (χ4n) is 3.63. The van der Waals surface area contributed by atoms with Gasteiger partial charge in [0.25, 0.3) is 5.91 Å². The van der Waals surface area contributed by atoms with E-state index in [0.29, 0.717) is 36.8 Å². The summed E-state index contributed by atoms with van der Waals surface area (Å²) < 4.78 is 21.1. The minimum absolute atomic E-state index is 0.0764. The lowest BCUT2D eigenvalue weighted by Crippen LogP contribution is -2.27. The molecule has 4 heterocycles. The fourth-order valence-corrected chi connectivity index (χ4v) is 3.63. The number of amides is 1. The standard InChI is InChI=1S/C19H22FN7O2/c1-2-27-17-15(16(21)25-27)18(28)22-6-4-8-29-19-13(9-12(20)10-23-19)14-5-3-7-26(14)11-24-17/h2,9-11,14H,1,3-8H2,(H2,21,25)(H,22,28). The number of carbonyl (C=O) groups excluding carboxylic acids is 1. The van der Waals surface area contributed by atoms with Gasteiger partial charge in [0.15, 0.2) is 11.6 Å². The lowest BCUT2D eigenvalue weighted by atomic mass is 10.1. The second-order valence-corrected chi connectivity index (χ2v) is 6.86. The summed E-state index contributed by atoms with van der Waals surface area (Å²) in [5.74, 6) is 0.00266. The summed E-state index contributed by atoms with van der Waals surface area (Å²) in [7, 11) is 0. The van der Waals surface area contributed by atoms with Crippen molar-refractivity contribution in [2.24, 2.45) is 4.99 Å². The Kier molecular flexibility index (Phi) is 5.15. The van der Waals surface area contributed by atoms with Crippen molar-refractivity contribution in [3.8, 4) is 5.88 Å². The predicted molar refractivity (Wildman–Crippen MR) is 106 cm³/mol. The first-order valence-corrected chi connectivity index (χ1v) is 9.45. The monoisotopic (exact) mass is 399 g/mol. The highest BCUT2D eigenvalue weighted by molar-refractivity contribution is 6.03. The number of anilines is 1. The van der Waals surface area contributed by atoms with Crippen LogP contribution in [0.2, 0.25) is 0 Å². The largest absolute Gasteiger partial charge is 0.477 e. The Bertz CT molecular complexity index is 972. The van der Waals surface area contributed by atoms with Gasteiger partial charge in [-0.05, 0) is 25.3 Å². The average molecular weight is 399 g/mol. The topological polar surface area (TPSA) is 111 Å². The predicted octanol–water partition coefficient (Wildman–Crippen LogP) is 2.11. The number of aliphatic imine (C=N–C) groups is 1. The van der Waals surface area contributed by atoms with Gasteiger partial charge in [-0.3, -0.25) is 4.79 Å². The molecule has 9 nitrogen and oxygen atoms in total. The van der Waals surface area contributed by atoms with Crippen molar-refractivity contribution < 1.29 is 13.9 Å². The summed E-state index contributed by atoms with van der Waals surface area (Å²) in [4.78, 5) is 23.2. The average Bonchev–Trinajstić information content (AvgIpc) is 3.29. The van der Waals surface area contributed by atoms with Crippen molar-refractivity contribution in [3.63, 3.8) is 0 Å². The summed E-state index contributed by atoms with van der Waals surface area (Å²) in [5, 5.41) is 6.92. The summed E-state index contributed by atoms with van der Waals surface area (Å²) >= 11 is 0. The Morgan fingerprint density at radius 3 is 3.10 bits per heavy atom. The molecule has 0 aliphatic carbocycles. The minimum atomic E-state index is -0.413. The SMILES string of the molecule is C=Cn1nc(N)c2c1N=CN1CCCC1c1cc(F)cnc1OCCCNC2=O. The van der Waals surface area contributed by atoms with Gasteiger partial charge >= 0.3 is 0 Å². The van der Waals surface area contributed by atoms with E-state index in [1.165, 1.54) is 16.9 Å². The maximum absolute atomic E-state index is 13.9. The zero-order valence-corrected chi connectivity index (χ0v) is 15.8. The van der Waals surface area contributed by atoms with Crippen LogP contribution in [-0.2, 0) is 0 Å². The fraction of sp³-hybridized carbons (Fsp3) is 0.368. The first-order chi connectivity index (χ1) is 14.1. The Labute approximate surface area is 167 Å². The second kappa shape index (κ2) is 7.90. The second-order valence-electron chi connectivity index (χ2n) is 6.86. The number of hydrogen-bond acceptors (Lipinski definition) is 7. The minimum Gasteiger partial charge on any atom is -0.477 e. The van der Waals surface area contributed by atoms with E-state index < -0.39 is 5.82 Å². The van der Waals surface area contributed by atoms with Gasteiger partial charge < -0.3 is 20.7 Å². The number of halogens is 1. The lowest BCUT2D eigenvalue weighted by Gasteiger charge is -2.24. The van der Waals surface area contributed by atoms with Gasteiger partial charge in [-0.2, -0.15) is 0 Å². The van der Waals surface area contributed by atoms with Crippen LogP contribution < -0.4 is 15.8 Å². The van der Waals surface area contributed by atoms with E-state index in [0.717, 1.165) is 25.6 Å². The number of carbonyl (C=O) groups is 1. The summed E-state index contributed by atoms with van der Waals surface area (Å²) in [6.07, 6.45) is 6.48. The highest BCUT2D eigenvalue weighted by Gasteiger charge is 2.29. The van der Waals surface area contributed by atoms with Crippen molar-refractivity contribution in [1.29, 1.82) is 0 Å². The van der Waals surface area contributed by atoms with Gasteiger partial charge in [0.2, 0.25) is 5.88 Å². The third kappa shape index (κ3) is 3.65. The molecule has 1 amide bonds. The van der Waals surface area contributed by atoms with Crippen LogP contribution in [0.3, 0.4) is 0 Å². The molecule has 2 aliphatic rings. The van der Waals surface area contributed by atoms with Crippen LogP contribution in [-0.4, -0.2) is 51.6 Å². The van der Waals surface area contributed by atoms with E-state index in [1.54, 1.807) is 6.34 Å². The molecule has 1 saturated heterocycles. The smallest absolute Gasteiger partial charge is 0.258 e. The van der Waals surface area contributed by atoms with Gasteiger partial charge in [0.1, 0.15) is 11.4 Å². The molecule has 1 atom stereocenters. The Balaban J connectivity index is 1.78. The molecule has 1 fully saturated rings. The Morgan fingerprint density at radius 1 is 1.41 bits per heavy atom. The molecular weight excluding hydrogens is 377 g/mol. The molecule has 0 aromatic carbocycles. The van der Waals surface area contributed by atoms with Crippen molar-refractivity contribution >= 4 is 30.1 Å². The zero-order valence-electron chi connectivity index (χ0n) is 15.8. The van der Waals surface area contributed by atoms with Crippen LogP contribution in [0.1, 0.15) is 41.2 Å². The molecule has 2 aromatic heterocycles. The van der Waals surface area contributed by atoms with Crippen molar-refractivity contribution in [2.45, 2.75) is 25.3 Å². The van der Waals surface area contributed by atoms with Crippen molar-refractivity contribution in [2.75, 3.05) is 25.4 Å². The van der Waals surface area contributed by atoms with E-state index >= 15 is 0 Å². The van der Waals surface area contributed by atoms with Crippen LogP contribution in [0.25, 0.3) is 6.20 Å². The number of nitrogens with zero attached hydrogens (tertiary/aromatic N) is 5. The molecule has 0 bridgehead atoms. The van der Waals surface area contributed by atoms with Crippen molar-refractivity contribution in [3.05, 3.63) is 35.8 Å². The number of pyridine rings is 1. The summed E-state index contributed by atoms with van der Waals surface area (Å²) in [5.41, 5.74) is 6.83.